The zero-order valence-electron chi connectivity index (χ0n) is 13.7. The highest BCUT2D eigenvalue weighted by molar-refractivity contribution is 6.44. The van der Waals surface area contributed by atoms with Gasteiger partial charge in [-0.3, -0.25) is 10.4 Å². The summed E-state index contributed by atoms with van der Waals surface area (Å²) in [7, 11) is 0. The van der Waals surface area contributed by atoms with E-state index in [1.807, 2.05) is 20.8 Å². The monoisotopic (exact) mass is 370 g/mol. The van der Waals surface area contributed by atoms with Crippen LogP contribution in [-0.2, 0) is 11.8 Å². The first-order valence-corrected chi connectivity index (χ1v) is 8.20. The van der Waals surface area contributed by atoms with E-state index in [2.05, 4.69) is 20.8 Å². The van der Waals surface area contributed by atoms with E-state index >= 15 is 0 Å². The van der Waals surface area contributed by atoms with Crippen LogP contribution in [0.5, 0.6) is 0 Å². The molecule has 4 N–H and O–H groups in total. The van der Waals surface area contributed by atoms with Gasteiger partial charge < -0.3 is 10.4 Å². The fraction of sp³-hybridized carbons (Fsp3) is 0.375. The first-order valence-electron chi connectivity index (χ1n) is 7.44. The van der Waals surface area contributed by atoms with E-state index in [1.165, 1.54) is 0 Å². The quantitative estimate of drug-likeness (QED) is 0.650. The lowest BCUT2D eigenvalue weighted by Gasteiger charge is -2.18. The summed E-state index contributed by atoms with van der Waals surface area (Å²) in [6, 6.07) is 4.47. The van der Waals surface area contributed by atoms with Crippen molar-refractivity contribution >= 4 is 40.7 Å². The molecule has 0 spiro atoms. The summed E-state index contributed by atoms with van der Waals surface area (Å²) in [5, 5.41) is 22.3. The summed E-state index contributed by atoms with van der Waals surface area (Å²) >= 11 is 12.0. The molecule has 8 heteroatoms. The van der Waals surface area contributed by atoms with E-state index in [0.717, 1.165) is 11.3 Å². The van der Waals surface area contributed by atoms with Crippen molar-refractivity contribution in [1.82, 2.24) is 10.2 Å². The molecule has 0 saturated heterocycles. The minimum atomic E-state index is -0.495. The van der Waals surface area contributed by atoms with Crippen molar-refractivity contribution in [3.05, 3.63) is 39.5 Å². The maximum atomic E-state index is 12.2. The molecule has 0 radical (unpaired) electrons. The number of anilines is 2. The Morgan fingerprint density at radius 3 is 2.62 bits per heavy atom. The number of benzene rings is 1. The molecule has 2 aromatic rings. The Hall–Kier alpha value is -1.76. The second-order valence-electron chi connectivity index (χ2n) is 6.33. The number of carbonyl (C=O) groups is 1. The van der Waals surface area contributed by atoms with Gasteiger partial charge in [0.25, 0.3) is 0 Å². The number of carbonyl (C=O) groups excluding carboxylic acids is 1. The molecule has 0 bridgehead atoms. The van der Waals surface area contributed by atoms with Crippen molar-refractivity contribution in [2.75, 3.05) is 17.2 Å². The van der Waals surface area contributed by atoms with E-state index in [9.17, 15) is 9.90 Å². The zero-order chi connectivity index (χ0) is 17.9. The third kappa shape index (κ3) is 4.20. The molecule has 2 amide bonds. The van der Waals surface area contributed by atoms with Gasteiger partial charge in [-0.1, -0.05) is 50.0 Å². The number of H-pyrrole nitrogens is 1. The third-order valence-corrected chi connectivity index (χ3v) is 4.23. The number of rotatable bonds is 4. The van der Waals surface area contributed by atoms with Gasteiger partial charge in [0.2, 0.25) is 0 Å². The van der Waals surface area contributed by atoms with Crippen LogP contribution < -0.4 is 10.6 Å². The number of nitrogens with one attached hydrogen (secondary N) is 3. The van der Waals surface area contributed by atoms with Crippen LogP contribution in [0.15, 0.2) is 18.2 Å². The van der Waals surface area contributed by atoms with E-state index in [0.29, 0.717) is 22.9 Å². The van der Waals surface area contributed by atoms with Crippen LogP contribution in [0.25, 0.3) is 0 Å². The smallest absolute Gasteiger partial charge is 0.324 e. The summed E-state index contributed by atoms with van der Waals surface area (Å²) in [6.07, 6.45) is 0.386. The second-order valence-corrected chi connectivity index (χ2v) is 7.12. The molecule has 0 aliphatic heterocycles. The highest BCUT2D eigenvalue weighted by Crippen LogP contribution is 2.31. The number of aromatic amines is 1. The van der Waals surface area contributed by atoms with Crippen LogP contribution in [0, 0.1) is 0 Å². The predicted molar refractivity (Wildman–Crippen MR) is 97.2 cm³/mol. The largest absolute Gasteiger partial charge is 0.396 e. The van der Waals surface area contributed by atoms with Gasteiger partial charge in [-0.15, -0.1) is 0 Å². The van der Waals surface area contributed by atoms with Crippen LogP contribution in [0.1, 0.15) is 32.0 Å². The fourth-order valence-electron chi connectivity index (χ4n) is 2.31. The van der Waals surface area contributed by atoms with Gasteiger partial charge in [0.15, 0.2) is 5.82 Å². The molecule has 2 rings (SSSR count). The number of halogens is 2. The number of hydrogen-bond donors (Lipinski definition) is 4. The Labute approximate surface area is 150 Å². The lowest BCUT2D eigenvalue weighted by atomic mass is 9.88. The molecule has 24 heavy (non-hydrogen) atoms. The summed E-state index contributed by atoms with van der Waals surface area (Å²) in [5.74, 6) is 0.379. The molecule has 0 unspecified atom stereocenters. The van der Waals surface area contributed by atoms with Gasteiger partial charge >= 0.3 is 6.03 Å². The Bertz CT molecular complexity index is 738. The number of aliphatic hydroxyl groups excluding tert-OH is 1. The highest BCUT2D eigenvalue weighted by Gasteiger charge is 2.24. The van der Waals surface area contributed by atoms with Gasteiger partial charge in [0.05, 0.1) is 15.7 Å². The molecule has 0 atom stereocenters. The zero-order valence-corrected chi connectivity index (χ0v) is 15.2. The minimum Gasteiger partial charge on any atom is -0.396 e. The molecule has 130 valence electrons. The Kier molecular flexibility index (Phi) is 5.74. The molecule has 6 nitrogen and oxygen atoms in total. The Morgan fingerprint density at radius 1 is 1.29 bits per heavy atom. The number of nitrogens with zero attached hydrogens (tertiary/aromatic N) is 1. The van der Waals surface area contributed by atoms with E-state index in [-0.39, 0.29) is 17.0 Å². The molecule has 1 aromatic carbocycles. The first-order chi connectivity index (χ1) is 11.2. The van der Waals surface area contributed by atoms with Gasteiger partial charge in [-0.2, -0.15) is 5.10 Å². The topological polar surface area (TPSA) is 90.0 Å². The van der Waals surface area contributed by atoms with Crippen molar-refractivity contribution in [2.45, 2.75) is 32.6 Å². The van der Waals surface area contributed by atoms with E-state index in [4.69, 9.17) is 23.2 Å². The molecular weight excluding hydrogens is 351 g/mol. The second kappa shape index (κ2) is 7.42. The van der Waals surface area contributed by atoms with Crippen molar-refractivity contribution in [1.29, 1.82) is 0 Å². The standard InChI is InChI=1S/C16H20Cl2N4O2/c1-16(2,3)13-9(7-8-23)14(22-21-13)20-15(24)19-11-6-4-5-10(17)12(11)18/h4-6,23H,7-8H2,1-3H3,(H3,19,20,21,22,24). The van der Waals surface area contributed by atoms with Crippen LogP contribution in [0.2, 0.25) is 10.0 Å². The van der Waals surface area contributed by atoms with Crippen molar-refractivity contribution in [3.8, 4) is 0 Å². The number of urea groups is 1. The van der Waals surface area contributed by atoms with Gasteiger partial charge in [0, 0.05) is 29.7 Å². The molecule has 0 aliphatic rings. The summed E-state index contributed by atoms with van der Waals surface area (Å²) in [5.41, 5.74) is 1.85. The summed E-state index contributed by atoms with van der Waals surface area (Å²) in [6.45, 7) is 6.03. The maximum absolute atomic E-state index is 12.2. The summed E-state index contributed by atoms with van der Waals surface area (Å²) in [4.78, 5) is 12.2. The van der Waals surface area contributed by atoms with Crippen molar-refractivity contribution < 1.29 is 9.90 Å². The van der Waals surface area contributed by atoms with Crippen LogP contribution in [0.4, 0.5) is 16.3 Å². The molecule has 1 aromatic heterocycles. The third-order valence-electron chi connectivity index (χ3n) is 3.41. The Morgan fingerprint density at radius 2 is 2.00 bits per heavy atom. The predicted octanol–water partition coefficient (Wildman–Crippen LogP) is 4.19. The van der Waals surface area contributed by atoms with Crippen LogP contribution >= 0.6 is 23.2 Å². The molecule has 0 fully saturated rings. The normalized spacial score (nSPS) is 11.4. The van der Waals surface area contributed by atoms with Crippen LogP contribution in [0.3, 0.4) is 0 Å². The number of aliphatic hydroxyl groups is 1. The van der Waals surface area contributed by atoms with Gasteiger partial charge in [0.1, 0.15) is 0 Å². The SMILES string of the molecule is CC(C)(C)c1[nH]nc(NC(=O)Nc2cccc(Cl)c2Cl)c1CCO. The van der Waals surface area contributed by atoms with Gasteiger partial charge in [-0.25, -0.2) is 4.79 Å². The number of amides is 2. The highest BCUT2D eigenvalue weighted by atomic mass is 35.5. The maximum Gasteiger partial charge on any atom is 0.324 e. The molecule has 0 aliphatic carbocycles. The van der Waals surface area contributed by atoms with E-state index in [1.54, 1.807) is 18.2 Å². The lowest BCUT2D eigenvalue weighted by molar-refractivity contribution is 0.262. The first kappa shape index (κ1) is 18.6. The molecule has 0 saturated carbocycles. The van der Waals surface area contributed by atoms with Crippen LogP contribution in [-0.4, -0.2) is 27.9 Å². The average molecular weight is 371 g/mol. The fourth-order valence-corrected chi connectivity index (χ4v) is 2.65. The van der Waals surface area contributed by atoms with E-state index < -0.39 is 6.03 Å². The number of aromatic nitrogens is 2. The molecule has 1 heterocycles. The Balaban J connectivity index is 2.20. The number of hydrogen-bond acceptors (Lipinski definition) is 3. The summed E-state index contributed by atoms with van der Waals surface area (Å²) < 4.78 is 0. The van der Waals surface area contributed by atoms with Crippen molar-refractivity contribution in [3.63, 3.8) is 0 Å². The minimum absolute atomic E-state index is 0.0426. The molecular formula is C16H20Cl2N4O2. The van der Waals surface area contributed by atoms with Gasteiger partial charge in [-0.05, 0) is 12.1 Å². The lowest BCUT2D eigenvalue weighted by Crippen LogP contribution is -2.21. The average Bonchev–Trinajstić information content (AvgIpc) is 2.87. The van der Waals surface area contributed by atoms with Crippen molar-refractivity contribution in [2.24, 2.45) is 0 Å².